The van der Waals surface area contributed by atoms with Crippen LogP contribution in [0.2, 0.25) is 0 Å². The Kier molecular flexibility index (Phi) is 6.55. The standard InChI is InChI=1S/C25H26F3N7O3/c1-24(2,3)20-12-34(6-7-37-20)17-9-19-21(30-13-32-35(19)11-17)15-4-5-16(18(8-15)25(26,27)28)10-29-23(36)22-31-14-38-33-22/h4-5,8-9,11,13-14,20H,6-7,10,12H2,1-3H3,(H,29,36). The fraction of sp³-hybridized carbons (Fsp3) is 0.400. The maximum atomic E-state index is 14.0. The molecule has 1 saturated heterocycles. The summed E-state index contributed by atoms with van der Waals surface area (Å²) >= 11 is 0. The second-order valence-electron chi connectivity index (χ2n) is 10.1. The largest absolute Gasteiger partial charge is 0.416 e. The van der Waals surface area contributed by atoms with Gasteiger partial charge in [-0.2, -0.15) is 23.3 Å². The van der Waals surface area contributed by atoms with Crippen molar-refractivity contribution in [2.75, 3.05) is 24.6 Å². The van der Waals surface area contributed by atoms with Crippen molar-refractivity contribution < 1.29 is 27.2 Å². The van der Waals surface area contributed by atoms with Crippen LogP contribution in [-0.4, -0.2) is 56.4 Å². The van der Waals surface area contributed by atoms with E-state index >= 15 is 0 Å². The molecule has 1 N–H and O–H groups in total. The van der Waals surface area contributed by atoms with Gasteiger partial charge in [-0.25, -0.2) is 9.50 Å². The molecule has 0 saturated carbocycles. The Morgan fingerprint density at radius 1 is 1.18 bits per heavy atom. The van der Waals surface area contributed by atoms with Gasteiger partial charge in [0.05, 0.1) is 41.4 Å². The number of halogens is 3. The minimum Gasteiger partial charge on any atom is -0.374 e. The lowest BCUT2D eigenvalue weighted by molar-refractivity contribution is -0.138. The molecule has 0 bridgehead atoms. The third-order valence-corrected chi connectivity index (χ3v) is 6.48. The molecule has 1 atom stereocenters. The number of carbonyl (C=O) groups excluding carboxylic acids is 1. The van der Waals surface area contributed by atoms with E-state index < -0.39 is 17.6 Å². The second kappa shape index (κ2) is 9.71. The lowest BCUT2D eigenvalue weighted by atomic mass is 9.88. The van der Waals surface area contributed by atoms with Crippen molar-refractivity contribution >= 4 is 17.1 Å². The number of benzene rings is 1. The molecule has 10 nitrogen and oxygen atoms in total. The Balaban J connectivity index is 1.45. The van der Waals surface area contributed by atoms with Crippen LogP contribution in [0.3, 0.4) is 0 Å². The van der Waals surface area contributed by atoms with Crippen LogP contribution < -0.4 is 10.2 Å². The summed E-state index contributed by atoms with van der Waals surface area (Å²) in [6.45, 7) is 7.95. The summed E-state index contributed by atoms with van der Waals surface area (Å²) in [5.41, 5.74) is 1.07. The lowest BCUT2D eigenvalue weighted by Gasteiger charge is -2.40. The van der Waals surface area contributed by atoms with Gasteiger partial charge in [-0.05, 0) is 23.1 Å². The van der Waals surface area contributed by atoms with E-state index in [4.69, 9.17) is 4.74 Å². The van der Waals surface area contributed by atoms with Gasteiger partial charge in [0.1, 0.15) is 6.33 Å². The molecular formula is C25H26F3N7O3. The highest BCUT2D eigenvalue weighted by Gasteiger charge is 2.34. The molecule has 1 amide bonds. The summed E-state index contributed by atoms with van der Waals surface area (Å²) in [7, 11) is 0. The molecule has 0 radical (unpaired) electrons. The molecule has 1 aliphatic heterocycles. The van der Waals surface area contributed by atoms with Crippen LogP contribution in [0.15, 0.2) is 47.7 Å². The highest BCUT2D eigenvalue weighted by atomic mass is 19.4. The molecule has 5 rings (SSSR count). The Bertz CT molecular complexity index is 1440. The minimum absolute atomic E-state index is 0.0345. The van der Waals surface area contributed by atoms with Crippen molar-refractivity contribution in [1.29, 1.82) is 0 Å². The number of alkyl halides is 3. The van der Waals surface area contributed by atoms with Crippen LogP contribution in [0.5, 0.6) is 0 Å². The number of aromatic nitrogens is 5. The van der Waals surface area contributed by atoms with Gasteiger partial charge in [-0.15, -0.1) is 0 Å². The average molecular weight is 530 g/mol. The van der Waals surface area contributed by atoms with Crippen molar-refractivity contribution in [3.63, 3.8) is 0 Å². The predicted octanol–water partition coefficient (Wildman–Crippen LogP) is 3.98. The molecule has 1 aliphatic rings. The van der Waals surface area contributed by atoms with E-state index in [-0.39, 0.29) is 35.0 Å². The summed E-state index contributed by atoms with van der Waals surface area (Å²) < 4.78 is 54.2. The Morgan fingerprint density at radius 3 is 2.71 bits per heavy atom. The number of hydrogen-bond acceptors (Lipinski definition) is 8. The highest BCUT2D eigenvalue weighted by Crippen LogP contribution is 2.36. The van der Waals surface area contributed by atoms with Crippen molar-refractivity contribution in [2.45, 2.75) is 39.6 Å². The highest BCUT2D eigenvalue weighted by molar-refractivity contribution is 5.90. The molecule has 0 aliphatic carbocycles. The normalized spacial score (nSPS) is 16.7. The first-order valence-corrected chi connectivity index (χ1v) is 12.0. The number of morpholine rings is 1. The zero-order valence-corrected chi connectivity index (χ0v) is 21.0. The molecule has 13 heteroatoms. The van der Waals surface area contributed by atoms with Crippen LogP contribution in [0, 0.1) is 5.41 Å². The molecule has 4 heterocycles. The summed E-state index contributed by atoms with van der Waals surface area (Å²) in [6.07, 6.45) is -0.503. The monoisotopic (exact) mass is 529 g/mol. The van der Waals surface area contributed by atoms with Crippen molar-refractivity contribution in [3.05, 3.63) is 60.1 Å². The van der Waals surface area contributed by atoms with Crippen molar-refractivity contribution in [2.24, 2.45) is 5.41 Å². The van der Waals surface area contributed by atoms with E-state index in [0.29, 0.717) is 30.9 Å². The van der Waals surface area contributed by atoms with Crippen LogP contribution in [0.1, 0.15) is 42.5 Å². The third-order valence-electron chi connectivity index (χ3n) is 6.48. The quantitative estimate of drug-likeness (QED) is 0.414. The van der Waals surface area contributed by atoms with Crippen LogP contribution in [-0.2, 0) is 17.5 Å². The zero-order chi connectivity index (χ0) is 27.1. The predicted molar refractivity (Wildman–Crippen MR) is 130 cm³/mol. The topological polar surface area (TPSA) is 111 Å². The Labute approximate surface area is 215 Å². The first kappa shape index (κ1) is 25.6. The summed E-state index contributed by atoms with van der Waals surface area (Å²) in [4.78, 5) is 22.2. The molecule has 200 valence electrons. The number of amides is 1. The maximum Gasteiger partial charge on any atom is 0.416 e. The van der Waals surface area contributed by atoms with E-state index in [1.165, 1.54) is 12.4 Å². The Morgan fingerprint density at radius 2 is 2.00 bits per heavy atom. The SMILES string of the molecule is CC(C)(C)C1CN(c2cc3c(-c4ccc(CNC(=O)c5ncon5)c(C(F)(F)F)c4)ncnn3c2)CCO1. The number of hydrogen-bond donors (Lipinski definition) is 1. The van der Waals surface area contributed by atoms with E-state index in [2.05, 4.69) is 55.7 Å². The minimum atomic E-state index is -4.66. The smallest absolute Gasteiger partial charge is 0.374 e. The second-order valence-corrected chi connectivity index (χ2v) is 10.1. The van der Waals surface area contributed by atoms with E-state index in [1.807, 2.05) is 12.3 Å². The van der Waals surface area contributed by atoms with Crippen LogP contribution in [0.4, 0.5) is 18.9 Å². The number of rotatable bonds is 5. The molecule has 38 heavy (non-hydrogen) atoms. The number of nitrogens with one attached hydrogen (secondary N) is 1. The molecule has 1 unspecified atom stereocenters. The van der Waals surface area contributed by atoms with E-state index in [9.17, 15) is 18.0 Å². The van der Waals surface area contributed by atoms with E-state index in [0.717, 1.165) is 18.1 Å². The summed E-state index contributed by atoms with van der Waals surface area (Å²) in [5.74, 6) is -1.01. The molecule has 0 spiro atoms. The zero-order valence-electron chi connectivity index (χ0n) is 21.0. The Hall–Kier alpha value is -4.00. The fourth-order valence-corrected chi connectivity index (χ4v) is 4.39. The number of anilines is 1. The van der Waals surface area contributed by atoms with Gasteiger partial charge < -0.3 is 19.5 Å². The molecular weight excluding hydrogens is 503 g/mol. The summed E-state index contributed by atoms with van der Waals surface area (Å²) in [6, 6.07) is 5.79. The fourth-order valence-electron chi connectivity index (χ4n) is 4.39. The van der Waals surface area contributed by atoms with Gasteiger partial charge in [0.15, 0.2) is 0 Å². The van der Waals surface area contributed by atoms with E-state index in [1.54, 1.807) is 10.6 Å². The lowest BCUT2D eigenvalue weighted by Crippen LogP contribution is -2.48. The van der Waals surface area contributed by atoms with Crippen molar-refractivity contribution in [1.82, 2.24) is 30.1 Å². The van der Waals surface area contributed by atoms with Crippen LogP contribution in [0.25, 0.3) is 16.8 Å². The maximum absolute atomic E-state index is 14.0. The van der Waals surface area contributed by atoms with Gasteiger partial charge in [-0.3, -0.25) is 4.79 Å². The molecule has 3 aromatic heterocycles. The van der Waals surface area contributed by atoms with Gasteiger partial charge in [0.25, 0.3) is 11.7 Å². The molecule has 4 aromatic rings. The van der Waals surface area contributed by atoms with Crippen LogP contribution >= 0.6 is 0 Å². The third kappa shape index (κ3) is 5.19. The van der Waals surface area contributed by atoms with Gasteiger partial charge in [0.2, 0.25) is 6.39 Å². The number of fused-ring (bicyclic) bond motifs is 1. The molecule has 1 fully saturated rings. The first-order valence-electron chi connectivity index (χ1n) is 12.0. The number of nitrogens with zero attached hydrogens (tertiary/aromatic N) is 6. The number of carbonyl (C=O) groups is 1. The van der Waals surface area contributed by atoms with Gasteiger partial charge >= 0.3 is 6.18 Å². The number of ether oxygens (including phenoxy) is 1. The van der Waals surface area contributed by atoms with Gasteiger partial charge in [0, 0.05) is 25.2 Å². The van der Waals surface area contributed by atoms with Gasteiger partial charge in [-0.1, -0.05) is 38.1 Å². The first-order chi connectivity index (χ1) is 18.0. The molecule has 1 aromatic carbocycles. The summed E-state index contributed by atoms with van der Waals surface area (Å²) in [5, 5.41) is 10.0. The van der Waals surface area contributed by atoms with Crippen molar-refractivity contribution in [3.8, 4) is 11.3 Å². The average Bonchev–Trinajstić information content (AvgIpc) is 3.57.